The Morgan fingerprint density at radius 1 is 1.19 bits per heavy atom. The molecule has 2 aromatic carbocycles. The van der Waals surface area contributed by atoms with E-state index in [1.807, 2.05) is 0 Å². The zero-order valence-corrected chi connectivity index (χ0v) is 12.4. The maximum atomic E-state index is 13.8. The maximum absolute atomic E-state index is 13.8. The van der Waals surface area contributed by atoms with Gasteiger partial charge in [-0.15, -0.1) is 0 Å². The van der Waals surface area contributed by atoms with Crippen LogP contribution in [0.1, 0.15) is 5.56 Å². The lowest BCUT2D eigenvalue weighted by Crippen LogP contribution is -2.16. The molecule has 0 saturated heterocycles. The Morgan fingerprint density at radius 2 is 1.86 bits per heavy atom. The average Bonchev–Trinajstić information content (AvgIpc) is 2.40. The minimum absolute atomic E-state index is 0.126. The minimum atomic E-state index is -4.28. The molecule has 112 valence electrons. The Balaban J connectivity index is 2.52. The number of hydrogen-bond donors (Lipinski definition) is 2. The highest BCUT2D eigenvalue weighted by Crippen LogP contribution is 2.30. The molecule has 0 heterocycles. The van der Waals surface area contributed by atoms with Crippen molar-refractivity contribution in [3.8, 4) is 0 Å². The van der Waals surface area contributed by atoms with E-state index in [9.17, 15) is 17.2 Å². The van der Waals surface area contributed by atoms with Gasteiger partial charge in [0.15, 0.2) is 5.82 Å². The molecule has 2 rings (SSSR count). The highest BCUT2D eigenvalue weighted by molar-refractivity contribution is 7.92. The summed E-state index contributed by atoms with van der Waals surface area (Å²) in [4.78, 5) is -0.749. The minimum Gasteiger partial charge on any atom is -0.394 e. The molecule has 0 aromatic heterocycles. The maximum Gasteiger partial charge on any atom is 0.264 e. The van der Waals surface area contributed by atoms with Crippen LogP contribution in [0.5, 0.6) is 0 Å². The van der Waals surface area contributed by atoms with Crippen LogP contribution < -0.4 is 10.5 Å². The Morgan fingerprint density at radius 3 is 2.48 bits per heavy atom. The van der Waals surface area contributed by atoms with Gasteiger partial charge in [-0.25, -0.2) is 17.2 Å². The quantitative estimate of drug-likeness (QED) is 0.847. The molecule has 0 unspecified atom stereocenters. The molecule has 0 saturated carbocycles. The Kier molecular flexibility index (Phi) is 4.06. The smallest absolute Gasteiger partial charge is 0.264 e. The largest absolute Gasteiger partial charge is 0.394 e. The number of hydrogen-bond acceptors (Lipinski definition) is 3. The van der Waals surface area contributed by atoms with Gasteiger partial charge in [0.2, 0.25) is 0 Å². The number of sulfonamides is 1. The molecule has 0 spiro atoms. The summed E-state index contributed by atoms with van der Waals surface area (Å²) in [6.07, 6.45) is 0. The summed E-state index contributed by atoms with van der Waals surface area (Å²) in [6, 6.07) is 6.36. The fourth-order valence-corrected chi connectivity index (χ4v) is 3.28. The molecule has 0 radical (unpaired) electrons. The molecular weight excluding hydrogens is 322 g/mol. The van der Waals surface area contributed by atoms with Gasteiger partial charge in [-0.1, -0.05) is 23.7 Å². The summed E-state index contributed by atoms with van der Waals surface area (Å²) in [7, 11) is -4.28. The molecule has 0 aliphatic heterocycles. The van der Waals surface area contributed by atoms with Crippen molar-refractivity contribution in [2.24, 2.45) is 0 Å². The van der Waals surface area contributed by atoms with Gasteiger partial charge in [0.1, 0.15) is 16.4 Å². The van der Waals surface area contributed by atoms with Gasteiger partial charge in [0.25, 0.3) is 10.0 Å². The molecule has 0 amide bonds. The van der Waals surface area contributed by atoms with E-state index in [0.29, 0.717) is 5.56 Å². The third kappa shape index (κ3) is 2.93. The molecule has 0 atom stereocenters. The predicted molar refractivity (Wildman–Crippen MR) is 77.8 cm³/mol. The van der Waals surface area contributed by atoms with E-state index in [2.05, 4.69) is 4.72 Å². The molecule has 21 heavy (non-hydrogen) atoms. The number of halogens is 3. The lowest BCUT2D eigenvalue weighted by Gasteiger charge is -2.13. The third-order valence-electron chi connectivity index (χ3n) is 2.84. The van der Waals surface area contributed by atoms with Crippen LogP contribution >= 0.6 is 11.6 Å². The van der Waals surface area contributed by atoms with Gasteiger partial charge in [-0.3, -0.25) is 4.72 Å². The number of aryl methyl sites for hydroxylation is 1. The Hall–Kier alpha value is -1.86. The average molecular weight is 333 g/mol. The first-order chi connectivity index (χ1) is 9.74. The summed E-state index contributed by atoms with van der Waals surface area (Å²) >= 11 is 5.91. The normalized spacial score (nSPS) is 11.4. The number of rotatable bonds is 3. The molecule has 4 nitrogen and oxygen atoms in total. The van der Waals surface area contributed by atoms with Crippen molar-refractivity contribution in [3.63, 3.8) is 0 Å². The monoisotopic (exact) mass is 332 g/mol. The number of nitrogens with one attached hydrogen (secondary N) is 1. The standard InChI is InChI=1S/C13H11ClF2N2O2S/c1-7-3-2-4-8(14)13(7)18-21(19,20)10-6-5-9(15)12(17)11(10)16/h2-6,18H,17H2,1H3. The van der Waals surface area contributed by atoms with Crippen LogP contribution in [0.4, 0.5) is 20.2 Å². The fraction of sp³-hybridized carbons (Fsp3) is 0.0769. The van der Waals surface area contributed by atoms with Crippen molar-refractivity contribution in [1.82, 2.24) is 0 Å². The summed E-state index contributed by atoms with van der Waals surface area (Å²) in [5.74, 6) is -2.37. The van der Waals surface area contributed by atoms with E-state index < -0.39 is 32.2 Å². The zero-order chi connectivity index (χ0) is 15.8. The van der Waals surface area contributed by atoms with Gasteiger partial charge < -0.3 is 5.73 Å². The first kappa shape index (κ1) is 15.5. The number of nitrogen functional groups attached to an aromatic ring is 1. The third-order valence-corrected chi connectivity index (χ3v) is 4.52. The van der Waals surface area contributed by atoms with E-state index in [4.69, 9.17) is 17.3 Å². The van der Waals surface area contributed by atoms with E-state index in [1.165, 1.54) is 6.07 Å². The summed E-state index contributed by atoms with van der Waals surface area (Å²) in [6.45, 7) is 1.64. The molecule has 0 bridgehead atoms. The molecule has 8 heteroatoms. The Labute approximate surface area is 125 Å². The van der Waals surface area contributed by atoms with Crippen molar-refractivity contribution < 1.29 is 17.2 Å². The topological polar surface area (TPSA) is 72.2 Å². The van der Waals surface area contributed by atoms with Gasteiger partial charge >= 0.3 is 0 Å². The van der Waals surface area contributed by atoms with Crippen LogP contribution in [0.15, 0.2) is 35.2 Å². The number of nitrogens with two attached hydrogens (primary N) is 1. The highest BCUT2D eigenvalue weighted by atomic mass is 35.5. The van der Waals surface area contributed by atoms with E-state index in [-0.39, 0.29) is 10.7 Å². The van der Waals surface area contributed by atoms with E-state index in [0.717, 1.165) is 12.1 Å². The number of benzene rings is 2. The van der Waals surface area contributed by atoms with Crippen LogP contribution in [-0.4, -0.2) is 8.42 Å². The highest BCUT2D eigenvalue weighted by Gasteiger charge is 2.24. The van der Waals surface area contributed by atoms with Crippen molar-refractivity contribution >= 4 is 33.0 Å². The van der Waals surface area contributed by atoms with Gasteiger partial charge in [-0.05, 0) is 30.7 Å². The SMILES string of the molecule is Cc1cccc(Cl)c1NS(=O)(=O)c1ccc(F)c(N)c1F. The van der Waals surface area contributed by atoms with Gasteiger partial charge in [0.05, 0.1) is 10.7 Å². The molecule has 0 fully saturated rings. The van der Waals surface area contributed by atoms with Crippen molar-refractivity contribution in [2.45, 2.75) is 11.8 Å². The van der Waals surface area contributed by atoms with Crippen LogP contribution in [0, 0.1) is 18.6 Å². The second kappa shape index (κ2) is 5.50. The van der Waals surface area contributed by atoms with Crippen molar-refractivity contribution in [2.75, 3.05) is 10.5 Å². The van der Waals surface area contributed by atoms with Crippen molar-refractivity contribution in [3.05, 3.63) is 52.6 Å². The molecule has 3 N–H and O–H groups in total. The fourth-order valence-electron chi connectivity index (χ4n) is 1.71. The van der Waals surface area contributed by atoms with E-state index in [1.54, 1.807) is 19.1 Å². The first-order valence-electron chi connectivity index (χ1n) is 5.75. The molecule has 0 aliphatic carbocycles. The van der Waals surface area contributed by atoms with Crippen LogP contribution in [0.3, 0.4) is 0 Å². The summed E-state index contributed by atoms with van der Waals surface area (Å²) in [5.41, 5.74) is 4.99. The van der Waals surface area contributed by atoms with Gasteiger partial charge in [0, 0.05) is 0 Å². The second-order valence-corrected chi connectivity index (χ2v) is 6.37. The van der Waals surface area contributed by atoms with Crippen LogP contribution in [-0.2, 0) is 10.0 Å². The van der Waals surface area contributed by atoms with E-state index >= 15 is 0 Å². The molecule has 0 aliphatic rings. The van der Waals surface area contributed by atoms with Crippen LogP contribution in [0.2, 0.25) is 5.02 Å². The van der Waals surface area contributed by atoms with Crippen molar-refractivity contribution in [1.29, 1.82) is 0 Å². The summed E-state index contributed by atoms with van der Waals surface area (Å²) in [5, 5.41) is 0.161. The lowest BCUT2D eigenvalue weighted by molar-refractivity contribution is 0.557. The van der Waals surface area contributed by atoms with Gasteiger partial charge in [-0.2, -0.15) is 0 Å². The Bertz CT molecular complexity index is 790. The lowest BCUT2D eigenvalue weighted by atomic mass is 10.2. The first-order valence-corrected chi connectivity index (χ1v) is 7.61. The second-order valence-electron chi connectivity index (χ2n) is 4.31. The summed E-state index contributed by atoms with van der Waals surface area (Å²) < 4.78 is 53.5. The molecule has 2 aromatic rings. The molecular formula is C13H11ClF2N2O2S. The zero-order valence-electron chi connectivity index (χ0n) is 10.8. The van der Waals surface area contributed by atoms with Crippen LogP contribution in [0.25, 0.3) is 0 Å². The number of para-hydroxylation sites is 1. The predicted octanol–water partition coefficient (Wildman–Crippen LogP) is 3.31. The number of anilines is 2.